The van der Waals surface area contributed by atoms with Gasteiger partial charge >= 0.3 is 5.97 Å². The molecule has 1 heterocycles. The lowest BCUT2D eigenvalue weighted by Gasteiger charge is -2.34. The largest absolute Gasteiger partial charge is 0.497 e. The Morgan fingerprint density at radius 3 is 1.87 bits per heavy atom. The van der Waals surface area contributed by atoms with Gasteiger partial charge in [0.2, 0.25) is 0 Å². The fourth-order valence-corrected chi connectivity index (χ4v) is 5.50. The number of rotatable bonds is 8. The molecule has 1 saturated heterocycles. The van der Waals surface area contributed by atoms with Gasteiger partial charge in [-0.25, -0.2) is 4.79 Å². The standard InChI is InChI=1S/C33H30O5/c1-3-37-32(35)33(26-19-21-27(36-2)22-20-26)29(23-13-7-4-8-14-23)28(30(34)24-15-9-5-10-16-24)31(38-33)25-17-11-6-12-18-25/h4-22,28-29,31H,3H2,1-2H3/t28-,29+,31-,33-/m1/s1. The maximum atomic E-state index is 14.4. The fraction of sp³-hybridized carbons (Fsp3) is 0.212. The Balaban J connectivity index is 1.80. The van der Waals surface area contributed by atoms with Crippen molar-refractivity contribution >= 4 is 11.8 Å². The van der Waals surface area contributed by atoms with Gasteiger partial charge in [-0.1, -0.05) is 103 Å². The molecule has 0 radical (unpaired) electrons. The van der Waals surface area contributed by atoms with Crippen molar-refractivity contribution in [2.24, 2.45) is 5.92 Å². The zero-order chi connectivity index (χ0) is 26.5. The molecule has 4 atom stereocenters. The molecule has 192 valence electrons. The van der Waals surface area contributed by atoms with Crippen molar-refractivity contribution in [3.63, 3.8) is 0 Å². The van der Waals surface area contributed by atoms with Crippen LogP contribution in [0.5, 0.6) is 5.75 Å². The van der Waals surface area contributed by atoms with E-state index < -0.39 is 29.5 Å². The smallest absolute Gasteiger partial charge is 0.343 e. The van der Waals surface area contributed by atoms with Crippen LogP contribution in [0.1, 0.15) is 46.0 Å². The number of hydrogen-bond acceptors (Lipinski definition) is 5. The summed E-state index contributed by atoms with van der Waals surface area (Å²) >= 11 is 0. The Morgan fingerprint density at radius 1 is 0.763 bits per heavy atom. The molecule has 0 spiro atoms. The first kappa shape index (κ1) is 25.4. The maximum absolute atomic E-state index is 14.4. The molecule has 1 aliphatic heterocycles. The number of ketones is 1. The number of esters is 1. The average Bonchev–Trinajstić information content (AvgIpc) is 3.35. The number of methoxy groups -OCH3 is 1. The van der Waals surface area contributed by atoms with Gasteiger partial charge in [0.05, 0.1) is 25.7 Å². The van der Waals surface area contributed by atoms with Crippen molar-refractivity contribution in [3.05, 3.63) is 138 Å². The van der Waals surface area contributed by atoms with Crippen LogP contribution in [0.2, 0.25) is 0 Å². The Labute approximate surface area is 223 Å². The SMILES string of the molecule is CCOC(=O)[C@]1(c2ccc(OC)cc2)O[C@H](c2ccccc2)[C@@H](C(=O)c2ccccc2)[C@@H]1c1ccccc1. The summed E-state index contributed by atoms with van der Waals surface area (Å²) in [5, 5.41) is 0. The minimum atomic E-state index is -1.57. The van der Waals surface area contributed by atoms with Crippen molar-refractivity contribution in [2.75, 3.05) is 13.7 Å². The highest BCUT2D eigenvalue weighted by Gasteiger charge is 2.63. The molecule has 0 unspecified atom stereocenters. The lowest BCUT2D eigenvalue weighted by molar-refractivity contribution is -0.174. The van der Waals surface area contributed by atoms with Gasteiger partial charge in [-0.05, 0) is 35.7 Å². The first-order valence-corrected chi connectivity index (χ1v) is 12.8. The van der Waals surface area contributed by atoms with E-state index in [0.29, 0.717) is 16.9 Å². The van der Waals surface area contributed by atoms with E-state index in [9.17, 15) is 9.59 Å². The summed E-state index contributed by atoms with van der Waals surface area (Å²) in [5.74, 6) is -1.32. The van der Waals surface area contributed by atoms with Crippen LogP contribution in [-0.4, -0.2) is 25.5 Å². The average molecular weight is 507 g/mol. The summed E-state index contributed by atoms with van der Waals surface area (Å²) in [7, 11) is 1.59. The van der Waals surface area contributed by atoms with Gasteiger partial charge < -0.3 is 14.2 Å². The molecule has 1 aliphatic rings. The number of benzene rings is 4. The van der Waals surface area contributed by atoms with Gasteiger partial charge in [-0.3, -0.25) is 4.79 Å². The van der Waals surface area contributed by atoms with Gasteiger partial charge in [0.25, 0.3) is 0 Å². The molecule has 0 N–H and O–H groups in total. The Kier molecular flexibility index (Phi) is 7.38. The van der Waals surface area contributed by atoms with E-state index in [1.54, 1.807) is 26.2 Å². The lowest BCUT2D eigenvalue weighted by Crippen LogP contribution is -2.43. The predicted octanol–water partition coefficient (Wildman–Crippen LogP) is 6.51. The third-order valence-corrected chi connectivity index (χ3v) is 7.18. The highest BCUT2D eigenvalue weighted by Crippen LogP contribution is 2.59. The number of carbonyl (C=O) groups excluding carboxylic acids is 2. The molecule has 5 nitrogen and oxygen atoms in total. The van der Waals surface area contributed by atoms with Crippen LogP contribution in [0.4, 0.5) is 0 Å². The van der Waals surface area contributed by atoms with E-state index in [4.69, 9.17) is 14.2 Å². The van der Waals surface area contributed by atoms with E-state index in [0.717, 1.165) is 11.1 Å². The van der Waals surface area contributed by atoms with Gasteiger partial charge in [0, 0.05) is 11.5 Å². The van der Waals surface area contributed by atoms with E-state index in [2.05, 4.69) is 0 Å². The van der Waals surface area contributed by atoms with Gasteiger partial charge in [-0.2, -0.15) is 0 Å². The summed E-state index contributed by atoms with van der Waals surface area (Å²) in [4.78, 5) is 28.5. The molecule has 5 heteroatoms. The molecular weight excluding hydrogens is 476 g/mol. The van der Waals surface area contributed by atoms with Crippen LogP contribution in [0.15, 0.2) is 115 Å². The van der Waals surface area contributed by atoms with Crippen LogP contribution < -0.4 is 4.74 Å². The Morgan fingerprint density at radius 2 is 1.32 bits per heavy atom. The first-order valence-electron chi connectivity index (χ1n) is 12.8. The van der Waals surface area contributed by atoms with Crippen molar-refractivity contribution in [3.8, 4) is 5.75 Å². The van der Waals surface area contributed by atoms with Crippen molar-refractivity contribution in [1.29, 1.82) is 0 Å². The highest BCUT2D eigenvalue weighted by molar-refractivity contribution is 6.00. The highest BCUT2D eigenvalue weighted by atomic mass is 16.6. The van der Waals surface area contributed by atoms with Crippen LogP contribution >= 0.6 is 0 Å². The first-order chi connectivity index (χ1) is 18.6. The molecule has 5 rings (SSSR count). The summed E-state index contributed by atoms with van der Waals surface area (Å²) in [6, 6.07) is 35.7. The quantitative estimate of drug-likeness (QED) is 0.201. The molecule has 38 heavy (non-hydrogen) atoms. The van der Waals surface area contributed by atoms with Crippen LogP contribution in [0.3, 0.4) is 0 Å². The zero-order valence-electron chi connectivity index (χ0n) is 21.5. The molecule has 0 saturated carbocycles. The molecule has 0 aromatic heterocycles. The van der Waals surface area contributed by atoms with Gasteiger partial charge in [0.15, 0.2) is 11.4 Å². The van der Waals surface area contributed by atoms with Crippen molar-refractivity contribution in [1.82, 2.24) is 0 Å². The molecule has 4 aromatic rings. The summed E-state index contributed by atoms with van der Waals surface area (Å²) < 4.78 is 18.0. The minimum absolute atomic E-state index is 0.0898. The third-order valence-electron chi connectivity index (χ3n) is 7.18. The topological polar surface area (TPSA) is 61.8 Å². The number of Topliss-reactive ketones (excluding diaryl/α,β-unsaturated/α-hetero) is 1. The molecule has 1 fully saturated rings. The summed E-state index contributed by atoms with van der Waals surface area (Å²) in [6.07, 6.45) is -0.694. The van der Waals surface area contributed by atoms with E-state index in [1.807, 2.05) is 103 Å². The number of ether oxygens (including phenoxy) is 3. The molecule has 0 aliphatic carbocycles. The second kappa shape index (κ2) is 11.0. The minimum Gasteiger partial charge on any atom is -0.497 e. The fourth-order valence-electron chi connectivity index (χ4n) is 5.50. The van der Waals surface area contributed by atoms with Crippen molar-refractivity contribution < 1.29 is 23.8 Å². The second-order valence-corrected chi connectivity index (χ2v) is 9.28. The van der Waals surface area contributed by atoms with E-state index in [1.165, 1.54) is 0 Å². The Hall–Kier alpha value is -4.22. The number of carbonyl (C=O) groups is 2. The monoisotopic (exact) mass is 506 g/mol. The zero-order valence-corrected chi connectivity index (χ0v) is 21.5. The van der Waals surface area contributed by atoms with Crippen molar-refractivity contribution in [2.45, 2.75) is 24.5 Å². The molecule has 4 aromatic carbocycles. The molecular formula is C33H30O5. The maximum Gasteiger partial charge on any atom is 0.343 e. The lowest BCUT2D eigenvalue weighted by atomic mass is 9.69. The van der Waals surface area contributed by atoms with Crippen LogP contribution in [0.25, 0.3) is 0 Å². The normalized spacial score (nSPS) is 22.5. The summed E-state index contributed by atoms with van der Waals surface area (Å²) in [6.45, 7) is 1.95. The van der Waals surface area contributed by atoms with Crippen LogP contribution in [-0.2, 0) is 19.9 Å². The predicted molar refractivity (Wildman–Crippen MR) is 145 cm³/mol. The van der Waals surface area contributed by atoms with Crippen LogP contribution in [0, 0.1) is 5.92 Å². The Bertz CT molecular complexity index is 1370. The van der Waals surface area contributed by atoms with Gasteiger partial charge in [-0.15, -0.1) is 0 Å². The van der Waals surface area contributed by atoms with E-state index in [-0.39, 0.29) is 12.4 Å². The van der Waals surface area contributed by atoms with E-state index >= 15 is 0 Å². The molecule has 0 bridgehead atoms. The third kappa shape index (κ3) is 4.50. The molecule has 0 amide bonds. The number of hydrogen-bond donors (Lipinski definition) is 0. The second-order valence-electron chi connectivity index (χ2n) is 9.28. The summed E-state index contributed by atoms with van der Waals surface area (Å²) in [5.41, 5.74) is 1.25. The van der Waals surface area contributed by atoms with Gasteiger partial charge in [0.1, 0.15) is 5.75 Å².